The van der Waals surface area contributed by atoms with E-state index in [0.29, 0.717) is 30.8 Å². The van der Waals surface area contributed by atoms with Gasteiger partial charge in [-0.2, -0.15) is 5.26 Å². The van der Waals surface area contributed by atoms with E-state index in [2.05, 4.69) is 16.0 Å². The normalized spacial score (nSPS) is 14.8. The lowest BCUT2D eigenvalue weighted by Gasteiger charge is -2.24. The van der Waals surface area contributed by atoms with Gasteiger partial charge in [-0.25, -0.2) is 0 Å². The molecule has 24 heavy (non-hydrogen) atoms. The zero-order valence-electron chi connectivity index (χ0n) is 13.2. The molecule has 122 valence electrons. The number of aromatic amines is 1. The van der Waals surface area contributed by atoms with Gasteiger partial charge >= 0.3 is 0 Å². The molecule has 0 aliphatic carbocycles. The third kappa shape index (κ3) is 3.30. The van der Waals surface area contributed by atoms with Crippen molar-refractivity contribution in [1.82, 2.24) is 9.88 Å². The summed E-state index contributed by atoms with van der Waals surface area (Å²) < 4.78 is 0. The topological polar surface area (TPSA) is 80.2 Å². The molecule has 1 fully saturated rings. The van der Waals surface area contributed by atoms with Gasteiger partial charge in [0.2, 0.25) is 5.56 Å². The number of para-hydroxylation sites is 1. The van der Waals surface area contributed by atoms with Crippen molar-refractivity contribution in [3.05, 3.63) is 64.1 Å². The zero-order chi connectivity index (χ0) is 16.9. The number of hydrogen-bond acceptors (Lipinski definition) is 4. The van der Waals surface area contributed by atoms with Crippen LogP contribution in [0.25, 0.3) is 0 Å². The van der Waals surface area contributed by atoms with Crippen LogP contribution in [-0.2, 0) is 0 Å². The number of nitrogens with zero attached hydrogens (tertiary/aromatic N) is 3. The van der Waals surface area contributed by atoms with Crippen LogP contribution in [0.4, 0.5) is 5.69 Å². The molecular formula is C18H18N4O2. The monoisotopic (exact) mass is 322 g/mol. The predicted molar refractivity (Wildman–Crippen MR) is 91.0 cm³/mol. The minimum atomic E-state index is -0.221. The second-order valence-electron chi connectivity index (χ2n) is 5.70. The van der Waals surface area contributed by atoms with Gasteiger partial charge in [0.25, 0.3) is 5.91 Å². The number of benzene rings is 1. The molecule has 1 N–H and O–H groups in total. The third-order valence-electron chi connectivity index (χ3n) is 4.18. The SMILES string of the molecule is N#Cc1ccccc1N1CCCN(C(=O)c2ccc(=O)[nH]c2)CC1. The van der Waals surface area contributed by atoms with E-state index in [1.165, 1.54) is 12.3 Å². The van der Waals surface area contributed by atoms with Crippen LogP contribution in [-0.4, -0.2) is 42.0 Å². The number of H-pyrrole nitrogens is 1. The van der Waals surface area contributed by atoms with Crippen molar-refractivity contribution < 1.29 is 4.79 Å². The number of carbonyl (C=O) groups excluding carboxylic acids is 1. The van der Waals surface area contributed by atoms with Gasteiger partial charge in [-0.1, -0.05) is 12.1 Å². The van der Waals surface area contributed by atoms with Gasteiger partial charge in [-0.3, -0.25) is 9.59 Å². The predicted octanol–water partition coefficient (Wildman–Crippen LogP) is 1.60. The maximum atomic E-state index is 12.6. The fourth-order valence-corrected chi connectivity index (χ4v) is 2.93. The van der Waals surface area contributed by atoms with Crippen molar-refractivity contribution >= 4 is 11.6 Å². The Balaban J connectivity index is 1.73. The lowest BCUT2D eigenvalue weighted by molar-refractivity contribution is 0.0766. The summed E-state index contributed by atoms with van der Waals surface area (Å²) in [7, 11) is 0. The number of rotatable bonds is 2. The molecule has 3 rings (SSSR count). The van der Waals surface area contributed by atoms with Crippen LogP contribution in [0.2, 0.25) is 0 Å². The quantitative estimate of drug-likeness (QED) is 0.911. The van der Waals surface area contributed by atoms with E-state index in [4.69, 9.17) is 0 Å². The summed E-state index contributed by atoms with van der Waals surface area (Å²) in [6, 6.07) is 12.7. The average molecular weight is 322 g/mol. The molecule has 0 atom stereocenters. The highest BCUT2D eigenvalue weighted by Gasteiger charge is 2.21. The Morgan fingerprint density at radius 2 is 1.92 bits per heavy atom. The molecule has 0 saturated carbocycles. The molecule has 0 radical (unpaired) electrons. The molecule has 1 aliphatic rings. The van der Waals surface area contributed by atoms with E-state index in [-0.39, 0.29) is 11.5 Å². The van der Waals surface area contributed by atoms with Crippen LogP contribution < -0.4 is 10.5 Å². The minimum absolute atomic E-state index is 0.0818. The second kappa shape index (κ2) is 7.01. The first-order chi connectivity index (χ1) is 11.7. The highest BCUT2D eigenvalue weighted by molar-refractivity contribution is 5.93. The molecule has 0 spiro atoms. The van der Waals surface area contributed by atoms with Crippen molar-refractivity contribution in [3.8, 4) is 6.07 Å². The highest BCUT2D eigenvalue weighted by Crippen LogP contribution is 2.21. The van der Waals surface area contributed by atoms with Gasteiger partial charge in [0, 0.05) is 38.4 Å². The van der Waals surface area contributed by atoms with E-state index in [0.717, 1.165) is 18.7 Å². The van der Waals surface area contributed by atoms with Gasteiger partial charge < -0.3 is 14.8 Å². The summed E-state index contributed by atoms with van der Waals surface area (Å²) in [6.45, 7) is 2.71. The molecule has 2 aromatic rings. The first-order valence-electron chi connectivity index (χ1n) is 7.91. The van der Waals surface area contributed by atoms with E-state index in [9.17, 15) is 14.9 Å². The average Bonchev–Trinajstić information content (AvgIpc) is 2.88. The Hall–Kier alpha value is -3.07. The number of amides is 1. The van der Waals surface area contributed by atoms with Gasteiger partial charge in [0.05, 0.1) is 16.8 Å². The molecular weight excluding hydrogens is 304 g/mol. The van der Waals surface area contributed by atoms with Gasteiger partial charge in [0.1, 0.15) is 6.07 Å². The molecule has 0 bridgehead atoms. The number of carbonyl (C=O) groups is 1. The third-order valence-corrected chi connectivity index (χ3v) is 4.18. The Kier molecular flexibility index (Phi) is 4.62. The molecule has 6 heteroatoms. The standard InChI is InChI=1S/C18H18N4O2/c19-12-14-4-1-2-5-16(14)21-8-3-9-22(11-10-21)18(24)15-6-7-17(23)20-13-15/h1-2,4-7,13H,3,8-11H2,(H,20,23). The smallest absolute Gasteiger partial charge is 0.255 e. The van der Waals surface area contributed by atoms with E-state index < -0.39 is 0 Å². The van der Waals surface area contributed by atoms with E-state index in [1.807, 2.05) is 24.3 Å². The Labute approximate surface area is 139 Å². The largest absolute Gasteiger partial charge is 0.369 e. The van der Waals surface area contributed by atoms with Crippen molar-refractivity contribution in [1.29, 1.82) is 5.26 Å². The van der Waals surface area contributed by atoms with Gasteiger partial charge in [0.15, 0.2) is 0 Å². The molecule has 1 saturated heterocycles. The lowest BCUT2D eigenvalue weighted by Crippen LogP contribution is -2.35. The number of nitrogens with one attached hydrogen (secondary N) is 1. The lowest BCUT2D eigenvalue weighted by atomic mass is 10.1. The number of hydrogen-bond donors (Lipinski definition) is 1. The molecule has 2 heterocycles. The molecule has 0 unspecified atom stereocenters. The van der Waals surface area contributed by atoms with Crippen LogP contribution in [0.15, 0.2) is 47.4 Å². The molecule has 6 nitrogen and oxygen atoms in total. The van der Waals surface area contributed by atoms with Crippen LogP contribution >= 0.6 is 0 Å². The number of pyridine rings is 1. The van der Waals surface area contributed by atoms with Crippen molar-refractivity contribution in [3.63, 3.8) is 0 Å². The molecule has 1 aromatic carbocycles. The van der Waals surface area contributed by atoms with E-state index >= 15 is 0 Å². The van der Waals surface area contributed by atoms with Crippen LogP contribution in [0.5, 0.6) is 0 Å². The van der Waals surface area contributed by atoms with Crippen LogP contribution in [0.3, 0.4) is 0 Å². The summed E-state index contributed by atoms with van der Waals surface area (Å²) in [4.78, 5) is 30.2. The Morgan fingerprint density at radius 1 is 1.08 bits per heavy atom. The first-order valence-corrected chi connectivity index (χ1v) is 7.91. The van der Waals surface area contributed by atoms with Crippen molar-refractivity contribution in [2.75, 3.05) is 31.1 Å². The fourth-order valence-electron chi connectivity index (χ4n) is 2.93. The molecule has 1 aliphatic heterocycles. The van der Waals surface area contributed by atoms with Gasteiger partial charge in [-0.05, 0) is 24.6 Å². The number of nitriles is 1. The first kappa shape index (κ1) is 15.8. The second-order valence-corrected chi connectivity index (χ2v) is 5.70. The number of aromatic nitrogens is 1. The Morgan fingerprint density at radius 3 is 2.67 bits per heavy atom. The van der Waals surface area contributed by atoms with Gasteiger partial charge in [-0.15, -0.1) is 0 Å². The number of anilines is 1. The van der Waals surface area contributed by atoms with Crippen molar-refractivity contribution in [2.24, 2.45) is 0 Å². The fraction of sp³-hybridized carbons (Fsp3) is 0.278. The maximum Gasteiger partial charge on any atom is 0.255 e. The summed E-state index contributed by atoms with van der Waals surface area (Å²) in [5, 5.41) is 9.26. The van der Waals surface area contributed by atoms with Crippen molar-refractivity contribution in [2.45, 2.75) is 6.42 Å². The summed E-state index contributed by atoms with van der Waals surface area (Å²) in [5.74, 6) is -0.0818. The molecule has 1 amide bonds. The maximum absolute atomic E-state index is 12.6. The summed E-state index contributed by atoms with van der Waals surface area (Å²) in [6.07, 6.45) is 2.28. The highest BCUT2D eigenvalue weighted by atomic mass is 16.2. The summed E-state index contributed by atoms with van der Waals surface area (Å²) in [5.41, 5.74) is 1.83. The minimum Gasteiger partial charge on any atom is -0.369 e. The zero-order valence-corrected chi connectivity index (χ0v) is 13.2. The molecule has 1 aromatic heterocycles. The van der Waals surface area contributed by atoms with Crippen LogP contribution in [0.1, 0.15) is 22.3 Å². The van der Waals surface area contributed by atoms with E-state index in [1.54, 1.807) is 11.0 Å². The van der Waals surface area contributed by atoms with Crippen LogP contribution in [0, 0.1) is 11.3 Å². The Bertz CT molecular complexity index is 817. The summed E-state index contributed by atoms with van der Waals surface area (Å²) >= 11 is 0.